The molecule has 2 aromatic rings. The fraction of sp³-hybridized carbons (Fsp3) is 0.412. The SMILES string of the molecule is CC(C)(CCC(=O)O)NC(=O)CCn1cnc2ccccc2c1=O. The number of carbonyl (C=O) groups is 2. The van der Waals surface area contributed by atoms with Crippen LogP contribution < -0.4 is 10.9 Å². The van der Waals surface area contributed by atoms with Crippen LogP contribution in [0.2, 0.25) is 0 Å². The van der Waals surface area contributed by atoms with Crippen molar-refractivity contribution in [2.45, 2.75) is 45.2 Å². The van der Waals surface area contributed by atoms with Gasteiger partial charge in [0.2, 0.25) is 5.91 Å². The van der Waals surface area contributed by atoms with Crippen LogP contribution in [0.5, 0.6) is 0 Å². The quantitative estimate of drug-likeness (QED) is 0.801. The van der Waals surface area contributed by atoms with Crippen molar-refractivity contribution in [2.75, 3.05) is 0 Å². The van der Waals surface area contributed by atoms with Crippen molar-refractivity contribution in [3.05, 3.63) is 40.9 Å². The summed E-state index contributed by atoms with van der Waals surface area (Å²) in [5, 5.41) is 12.0. The molecule has 24 heavy (non-hydrogen) atoms. The Morgan fingerprint density at radius 2 is 1.96 bits per heavy atom. The molecule has 0 unspecified atom stereocenters. The third-order valence-corrected chi connectivity index (χ3v) is 3.75. The molecular weight excluding hydrogens is 310 g/mol. The molecule has 0 aliphatic rings. The number of carboxylic acid groups (broad SMARTS) is 1. The Balaban J connectivity index is 1.98. The van der Waals surface area contributed by atoms with Gasteiger partial charge in [-0.15, -0.1) is 0 Å². The number of nitrogens with zero attached hydrogens (tertiary/aromatic N) is 2. The van der Waals surface area contributed by atoms with Crippen molar-refractivity contribution in [1.29, 1.82) is 0 Å². The lowest BCUT2D eigenvalue weighted by Crippen LogP contribution is -2.44. The maximum absolute atomic E-state index is 12.3. The van der Waals surface area contributed by atoms with E-state index in [0.29, 0.717) is 17.3 Å². The first-order chi connectivity index (χ1) is 11.3. The lowest BCUT2D eigenvalue weighted by molar-refractivity contribution is -0.137. The van der Waals surface area contributed by atoms with Gasteiger partial charge >= 0.3 is 5.97 Å². The number of aromatic nitrogens is 2. The number of carbonyl (C=O) groups excluding carboxylic acids is 1. The predicted molar refractivity (Wildman–Crippen MR) is 89.7 cm³/mol. The fourth-order valence-corrected chi connectivity index (χ4v) is 2.41. The van der Waals surface area contributed by atoms with Crippen molar-refractivity contribution in [2.24, 2.45) is 0 Å². The number of hydrogen-bond donors (Lipinski definition) is 2. The van der Waals surface area contributed by atoms with E-state index in [9.17, 15) is 14.4 Å². The van der Waals surface area contributed by atoms with Crippen molar-refractivity contribution >= 4 is 22.8 Å². The number of amides is 1. The van der Waals surface area contributed by atoms with Gasteiger partial charge in [0.1, 0.15) is 0 Å². The Morgan fingerprint density at radius 3 is 2.67 bits per heavy atom. The minimum Gasteiger partial charge on any atom is -0.481 e. The van der Waals surface area contributed by atoms with Crippen LogP contribution in [0, 0.1) is 0 Å². The summed E-state index contributed by atoms with van der Waals surface area (Å²) >= 11 is 0. The van der Waals surface area contributed by atoms with E-state index in [4.69, 9.17) is 5.11 Å². The number of rotatable bonds is 7. The molecule has 1 heterocycles. The zero-order valence-electron chi connectivity index (χ0n) is 13.8. The van der Waals surface area contributed by atoms with Gasteiger partial charge in [0.25, 0.3) is 5.56 Å². The number of carboxylic acids is 1. The largest absolute Gasteiger partial charge is 0.481 e. The second kappa shape index (κ2) is 7.25. The lowest BCUT2D eigenvalue weighted by atomic mass is 9.98. The van der Waals surface area contributed by atoms with Crippen molar-refractivity contribution < 1.29 is 14.7 Å². The van der Waals surface area contributed by atoms with Crippen molar-refractivity contribution in [3.8, 4) is 0 Å². The van der Waals surface area contributed by atoms with Gasteiger partial charge in [0.15, 0.2) is 0 Å². The molecule has 2 N–H and O–H groups in total. The van der Waals surface area contributed by atoms with Crippen LogP contribution in [0.1, 0.15) is 33.1 Å². The summed E-state index contributed by atoms with van der Waals surface area (Å²) in [6, 6.07) is 7.05. The monoisotopic (exact) mass is 331 g/mol. The maximum Gasteiger partial charge on any atom is 0.303 e. The first-order valence-corrected chi connectivity index (χ1v) is 7.75. The Hall–Kier alpha value is -2.70. The molecule has 128 valence electrons. The molecule has 0 saturated heterocycles. The molecule has 0 aliphatic heterocycles. The number of benzene rings is 1. The van der Waals surface area contributed by atoms with E-state index < -0.39 is 11.5 Å². The number of para-hydroxylation sites is 1. The predicted octanol–water partition coefficient (Wildman–Crippen LogP) is 1.55. The summed E-state index contributed by atoms with van der Waals surface area (Å²) in [4.78, 5) is 39.2. The van der Waals surface area contributed by atoms with Crippen LogP contribution >= 0.6 is 0 Å². The van der Waals surface area contributed by atoms with Crippen molar-refractivity contribution in [3.63, 3.8) is 0 Å². The Kier molecular flexibility index (Phi) is 5.33. The number of nitrogens with one attached hydrogen (secondary N) is 1. The lowest BCUT2D eigenvalue weighted by Gasteiger charge is -2.25. The van der Waals surface area contributed by atoms with Gasteiger partial charge in [0, 0.05) is 24.9 Å². The van der Waals surface area contributed by atoms with Crippen LogP contribution in [-0.4, -0.2) is 32.1 Å². The smallest absolute Gasteiger partial charge is 0.303 e. The Labute approximate surface area is 139 Å². The minimum absolute atomic E-state index is 0.0126. The standard InChI is InChI=1S/C17H21N3O4/c1-17(2,9-7-15(22)23)19-14(21)8-10-20-11-18-13-6-4-3-5-12(13)16(20)24/h3-6,11H,7-10H2,1-2H3,(H,19,21)(H,22,23). The van der Waals surface area contributed by atoms with Crippen LogP contribution in [0.15, 0.2) is 35.4 Å². The molecule has 0 aliphatic carbocycles. The average molecular weight is 331 g/mol. The van der Waals surface area contributed by atoms with E-state index in [1.165, 1.54) is 10.9 Å². The molecule has 0 spiro atoms. The normalized spacial score (nSPS) is 11.4. The van der Waals surface area contributed by atoms with Gasteiger partial charge in [-0.3, -0.25) is 19.0 Å². The second-order valence-electron chi connectivity index (χ2n) is 6.34. The first-order valence-electron chi connectivity index (χ1n) is 7.75. The molecule has 1 amide bonds. The molecule has 0 atom stereocenters. The molecule has 7 heteroatoms. The van der Waals surface area contributed by atoms with Gasteiger partial charge in [0.05, 0.1) is 17.2 Å². The summed E-state index contributed by atoms with van der Waals surface area (Å²) in [5.74, 6) is -1.13. The summed E-state index contributed by atoms with van der Waals surface area (Å²) in [7, 11) is 0. The van der Waals surface area contributed by atoms with E-state index >= 15 is 0 Å². The molecular formula is C17H21N3O4. The van der Waals surface area contributed by atoms with E-state index in [1.54, 1.807) is 32.0 Å². The summed E-state index contributed by atoms with van der Waals surface area (Å²) in [5.41, 5.74) is -0.168. The Morgan fingerprint density at radius 1 is 1.25 bits per heavy atom. The van der Waals surface area contributed by atoms with E-state index in [1.807, 2.05) is 6.07 Å². The zero-order valence-corrected chi connectivity index (χ0v) is 13.8. The zero-order chi connectivity index (χ0) is 17.7. The number of aryl methyl sites for hydroxylation is 1. The van der Waals surface area contributed by atoms with Crippen LogP contribution in [0.3, 0.4) is 0 Å². The Bertz CT molecular complexity index is 811. The van der Waals surface area contributed by atoms with Gasteiger partial charge in [-0.05, 0) is 32.4 Å². The molecule has 0 saturated carbocycles. The molecule has 0 fully saturated rings. The first kappa shape index (κ1) is 17.7. The molecule has 0 radical (unpaired) electrons. The maximum atomic E-state index is 12.3. The average Bonchev–Trinajstić information content (AvgIpc) is 2.52. The van der Waals surface area contributed by atoms with E-state index in [-0.39, 0.29) is 30.9 Å². The highest BCUT2D eigenvalue weighted by Gasteiger charge is 2.21. The van der Waals surface area contributed by atoms with Crippen LogP contribution in [0.4, 0.5) is 0 Å². The third kappa shape index (κ3) is 4.65. The van der Waals surface area contributed by atoms with Gasteiger partial charge < -0.3 is 10.4 Å². The number of hydrogen-bond acceptors (Lipinski definition) is 4. The second-order valence-corrected chi connectivity index (χ2v) is 6.34. The van der Waals surface area contributed by atoms with Crippen molar-refractivity contribution in [1.82, 2.24) is 14.9 Å². The highest BCUT2D eigenvalue weighted by Crippen LogP contribution is 2.11. The van der Waals surface area contributed by atoms with Gasteiger partial charge in [-0.2, -0.15) is 0 Å². The minimum atomic E-state index is -0.897. The molecule has 7 nitrogen and oxygen atoms in total. The van der Waals surface area contributed by atoms with E-state index in [2.05, 4.69) is 10.3 Å². The molecule has 1 aromatic carbocycles. The fourth-order valence-electron chi connectivity index (χ4n) is 2.41. The van der Waals surface area contributed by atoms with Gasteiger partial charge in [-0.1, -0.05) is 12.1 Å². The summed E-state index contributed by atoms with van der Waals surface area (Å²) in [6.45, 7) is 3.77. The highest BCUT2D eigenvalue weighted by molar-refractivity contribution is 5.78. The van der Waals surface area contributed by atoms with E-state index in [0.717, 1.165) is 0 Å². The molecule has 0 bridgehead atoms. The van der Waals surface area contributed by atoms with Gasteiger partial charge in [-0.25, -0.2) is 4.98 Å². The number of fused-ring (bicyclic) bond motifs is 1. The summed E-state index contributed by atoms with van der Waals surface area (Å²) in [6.07, 6.45) is 1.89. The van der Waals surface area contributed by atoms with Crippen LogP contribution in [0.25, 0.3) is 10.9 Å². The summed E-state index contributed by atoms with van der Waals surface area (Å²) < 4.78 is 1.41. The highest BCUT2D eigenvalue weighted by atomic mass is 16.4. The third-order valence-electron chi connectivity index (χ3n) is 3.75. The van der Waals surface area contributed by atoms with Crippen LogP contribution in [-0.2, 0) is 16.1 Å². The number of aliphatic carboxylic acids is 1. The molecule has 1 aromatic heterocycles. The molecule has 2 rings (SSSR count). The topological polar surface area (TPSA) is 101 Å².